The highest BCUT2D eigenvalue weighted by atomic mass is 16.3. The molecule has 176 valence electrons. The summed E-state index contributed by atoms with van der Waals surface area (Å²) in [4.78, 5) is 31.9. The van der Waals surface area contributed by atoms with Crippen LogP contribution in [0.25, 0.3) is 22.1 Å². The summed E-state index contributed by atoms with van der Waals surface area (Å²) >= 11 is 0. The Labute approximate surface area is 204 Å². The SMILES string of the molecule is O=C1C2CN(Cc3ccc(-c4ccccc4)cc3)CCN2C(=O)CN1Cc1cc2ccccc2o1. The van der Waals surface area contributed by atoms with Crippen LogP contribution in [0.3, 0.4) is 0 Å². The molecule has 2 amide bonds. The van der Waals surface area contributed by atoms with Crippen molar-refractivity contribution in [2.45, 2.75) is 19.1 Å². The molecule has 6 rings (SSSR count). The fourth-order valence-electron chi connectivity index (χ4n) is 5.16. The van der Waals surface area contributed by atoms with Crippen LogP contribution in [-0.2, 0) is 22.7 Å². The minimum absolute atomic E-state index is 0.00539. The number of furan rings is 1. The van der Waals surface area contributed by atoms with Gasteiger partial charge in [-0.15, -0.1) is 0 Å². The van der Waals surface area contributed by atoms with Gasteiger partial charge in [0, 0.05) is 31.6 Å². The van der Waals surface area contributed by atoms with Gasteiger partial charge in [0.05, 0.1) is 6.54 Å². The highest BCUT2D eigenvalue weighted by Gasteiger charge is 2.42. The summed E-state index contributed by atoms with van der Waals surface area (Å²) in [6, 6.07) is 28.2. The van der Waals surface area contributed by atoms with Gasteiger partial charge in [-0.3, -0.25) is 14.5 Å². The molecule has 2 fully saturated rings. The Hall–Kier alpha value is -3.90. The van der Waals surface area contributed by atoms with Gasteiger partial charge in [0.15, 0.2) is 0 Å². The number of hydrogen-bond acceptors (Lipinski definition) is 4. The molecule has 35 heavy (non-hydrogen) atoms. The number of amides is 2. The third-order valence-electron chi connectivity index (χ3n) is 7.00. The fraction of sp³-hybridized carbons (Fsp3) is 0.241. The van der Waals surface area contributed by atoms with Gasteiger partial charge in [0.2, 0.25) is 11.8 Å². The van der Waals surface area contributed by atoms with Crippen molar-refractivity contribution in [1.29, 1.82) is 0 Å². The molecule has 6 nitrogen and oxygen atoms in total. The molecule has 3 aromatic carbocycles. The average Bonchev–Trinajstić information content (AvgIpc) is 3.30. The highest BCUT2D eigenvalue weighted by Crippen LogP contribution is 2.25. The number of rotatable bonds is 5. The van der Waals surface area contributed by atoms with Crippen molar-refractivity contribution in [2.75, 3.05) is 26.2 Å². The monoisotopic (exact) mass is 465 g/mol. The van der Waals surface area contributed by atoms with Crippen molar-refractivity contribution in [3.05, 3.63) is 96.3 Å². The summed E-state index contributed by atoms with van der Waals surface area (Å²) in [5.74, 6) is 0.707. The van der Waals surface area contributed by atoms with Crippen molar-refractivity contribution < 1.29 is 14.0 Å². The number of carbonyl (C=O) groups excluding carboxylic acids is 2. The van der Waals surface area contributed by atoms with Crippen molar-refractivity contribution in [2.24, 2.45) is 0 Å². The largest absolute Gasteiger partial charge is 0.459 e. The van der Waals surface area contributed by atoms with Crippen LogP contribution in [0.15, 0.2) is 89.3 Å². The molecule has 2 saturated heterocycles. The molecular weight excluding hydrogens is 438 g/mol. The van der Waals surface area contributed by atoms with Gasteiger partial charge in [-0.2, -0.15) is 0 Å². The number of para-hydroxylation sites is 1. The number of piperazine rings is 2. The van der Waals surface area contributed by atoms with Crippen LogP contribution in [0, 0.1) is 0 Å². The van der Waals surface area contributed by atoms with Crippen LogP contribution >= 0.6 is 0 Å². The quantitative estimate of drug-likeness (QED) is 0.444. The number of fused-ring (bicyclic) bond motifs is 2. The van der Waals surface area contributed by atoms with E-state index in [9.17, 15) is 9.59 Å². The number of carbonyl (C=O) groups is 2. The third kappa shape index (κ3) is 4.33. The number of nitrogens with zero attached hydrogens (tertiary/aromatic N) is 3. The summed E-state index contributed by atoms with van der Waals surface area (Å²) in [6.45, 7) is 3.05. The first-order valence-corrected chi connectivity index (χ1v) is 12.1. The maximum absolute atomic E-state index is 13.4. The molecule has 0 bridgehead atoms. The fourth-order valence-corrected chi connectivity index (χ4v) is 5.16. The van der Waals surface area contributed by atoms with Crippen LogP contribution in [0.1, 0.15) is 11.3 Å². The molecule has 0 aliphatic carbocycles. The lowest BCUT2D eigenvalue weighted by molar-refractivity contribution is -0.160. The molecule has 3 heterocycles. The standard InChI is InChI=1S/C29H27N3O3/c33-28-20-31(18-25-16-24-8-4-5-9-27(24)35-25)29(34)26-19-30(14-15-32(26)28)17-21-10-12-23(13-11-21)22-6-2-1-3-7-22/h1-13,16,26H,14-15,17-20H2. The zero-order valence-corrected chi connectivity index (χ0v) is 19.5. The smallest absolute Gasteiger partial charge is 0.247 e. The molecule has 0 N–H and O–H groups in total. The van der Waals surface area contributed by atoms with Gasteiger partial charge in [-0.1, -0.05) is 72.8 Å². The predicted octanol–water partition coefficient (Wildman–Crippen LogP) is 4.16. The molecule has 1 atom stereocenters. The average molecular weight is 466 g/mol. The van der Waals surface area contributed by atoms with E-state index in [1.54, 1.807) is 9.80 Å². The number of benzene rings is 3. The van der Waals surface area contributed by atoms with Gasteiger partial charge < -0.3 is 14.2 Å². The highest BCUT2D eigenvalue weighted by molar-refractivity contribution is 5.95. The van der Waals surface area contributed by atoms with Crippen molar-refractivity contribution >= 4 is 22.8 Å². The van der Waals surface area contributed by atoms with Gasteiger partial charge in [-0.25, -0.2) is 0 Å². The van der Waals surface area contributed by atoms with Crippen LogP contribution in [-0.4, -0.2) is 58.7 Å². The van der Waals surface area contributed by atoms with E-state index in [1.165, 1.54) is 16.7 Å². The van der Waals surface area contributed by atoms with E-state index < -0.39 is 6.04 Å². The zero-order valence-electron chi connectivity index (χ0n) is 19.5. The second-order valence-corrected chi connectivity index (χ2v) is 9.35. The van der Waals surface area contributed by atoms with E-state index in [0.29, 0.717) is 25.4 Å². The Balaban J connectivity index is 1.13. The van der Waals surface area contributed by atoms with Crippen molar-refractivity contribution in [1.82, 2.24) is 14.7 Å². The second-order valence-electron chi connectivity index (χ2n) is 9.35. The Morgan fingerprint density at radius 3 is 2.34 bits per heavy atom. The van der Waals surface area contributed by atoms with Gasteiger partial charge >= 0.3 is 0 Å². The first kappa shape index (κ1) is 21.6. The summed E-state index contributed by atoms with van der Waals surface area (Å²) < 4.78 is 5.90. The molecule has 0 radical (unpaired) electrons. The van der Waals surface area contributed by atoms with Crippen LogP contribution in [0.5, 0.6) is 0 Å². The molecule has 4 aromatic rings. The minimum atomic E-state index is -0.446. The molecule has 6 heteroatoms. The molecule has 2 aliphatic heterocycles. The maximum atomic E-state index is 13.4. The molecule has 1 aromatic heterocycles. The van der Waals surface area contributed by atoms with Crippen molar-refractivity contribution in [3.63, 3.8) is 0 Å². The Morgan fingerprint density at radius 1 is 0.800 bits per heavy atom. The summed E-state index contributed by atoms with van der Waals surface area (Å²) in [6.07, 6.45) is 0. The van der Waals surface area contributed by atoms with E-state index in [-0.39, 0.29) is 18.4 Å². The van der Waals surface area contributed by atoms with E-state index in [0.717, 1.165) is 24.1 Å². The lowest BCUT2D eigenvalue weighted by Crippen LogP contribution is -2.66. The summed E-state index contributed by atoms with van der Waals surface area (Å²) in [5, 5.41) is 1.00. The topological polar surface area (TPSA) is 57.0 Å². The number of hydrogen-bond donors (Lipinski definition) is 0. The molecule has 0 spiro atoms. The Kier molecular flexibility index (Phi) is 5.58. The van der Waals surface area contributed by atoms with Crippen LogP contribution in [0.4, 0.5) is 0 Å². The van der Waals surface area contributed by atoms with E-state index in [2.05, 4.69) is 41.3 Å². The van der Waals surface area contributed by atoms with Crippen LogP contribution in [0.2, 0.25) is 0 Å². The lowest BCUT2D eigenvalue weighted by atomic mass is 10.0. The minimum Gasteiger partial charge on any atom is -0.459 e. The summed E-state index contributed by atoms with van der Waals surface area (Å²) in [7, 11) is 0. The normalized spacial score (nSPS) is 18.8. The third-order valence-corrected chi connectivity index (χ3v) is 7.00. The predicted molar refractivity (Wildman–Crippen MR) is 134 cm³/mol. The van der Waals surface area contributed by atoms with Gasteiger partial charge in [0.1, 0.15) is 23.9 Å². The van der Waals surface area contributed by atoms with Crippen LogP contribution < -0.4 is 0 Å². The first-order valence-electron chi connectivity index (χ1n) is 12.1. The van der Waals surface area contributed by atoms with Gasteiger partial charge in [-0.05, 0) is 28.8 Å². The zero-order chi connectivity index (χ0) is 23.8. The van der Waals surface area contributed by atoms with Gasteiger partial charge in [0.25, 0.3) is 0 Å². The van der Waals surface area contributed by atoms with Crippen molar-refractivity contribution in [3.8, 4) is 11.1 Å². The Bertz CT molecular complexity index is 1330. The second kappa shape index (κ2) is 9.04. The first-order chi connectivity index (χ1) is 17.1. The molecule has 2 aliphatic rings. The molecule has 0 saturated carbocycles. The van der Waals surface area contributed by atoms with E-state index in [4.69, 9.17) is 4.42 Å². The molecular formula is C29H27N3O3. The maximum Gasteiger partial charge on any atom is 0.247 e. The van der Waals surface area contributed by atoms with E-state index in [1.807, 2.05) is 48.5 Å². The Morgan fingerprint density at radius 2 is 1.54 bits per heavy atom. The summed E-state index contributed by atoms with van der Waals surface area (Å²) in [5.41, 5.74) is 4.38. The molecule has 1 unspecified atom stereocenters. The van der Waals surface area contributed by atoms with E-state index >= 15 is 0 Å². The lowest BCUT2D eigenvalue weighted by Gasteiger charge is -2.46.